The first-order chi connectivity index (χ1) is 15.2. The monoisotopic (exact) mass is 448 g/mol. The highest BCUT2D eigenvalue weighted by atomic mass is 19.2. The minimum atomic E-state index is -3.03. The number of aliphatic carboxylic acids is 2. The van der Waals surface area contributed by atoms with Crippen molar-refractivity contribution in [1.29, 1.82) is 0 Å². The second kappa shape index (κ2) is 11.5. The third-order valence-electron chi connectivity index (χ3n) is 4.55. The Morgan fingerprint density at radius 1 is 0.656 bits per heavy atom. The van der Waals surface area contributed by atoms with Crippen LogP contribution in [0.3, 0.4) is 0 Å². The minimum absolute atomic E-state index is 0.185. The first kappa shape index (κ1) is 24.4. The third kappa shape index (κ3) is 7.15. The molecule has 4 N–H and O–H groups in total. The van der Waals surface area contributed by atoms with Crippen LogP contribution in [-0.4, -0.2) is 58.4 Å². The van der Waals surface area contributed by atoms with Crippen molar-refractivity contribution in [2.24, 2.45) is 0 Å². The van der Waals surface area contributed by atoms with Crippen molar-refractivity contribution in [2.45, 2.75) is 37.3 Å². The molecule has 8 nitrogen and oxygen atoms in total. The standard InChI is InChI=1S/C22H22F2N2O6/c23-17(19(27)25-15(21(29)30)11-13-7-3-1-4-8-13)18(24)20(28)26-16(22(31)32)12-14-9-5-2-6-10-14/h1-10,15-18H,11-12H2,(H,25,27)(H,26,28)(H,29,30)(H,31,32)/t15-,16-,17-,18+/m0/s1. The Labute approximate surface area is 182 Å². The van der Waals surface area contributed by atoms with Crippen LogP contribution in [-0.2, 0) is 32.0 Å². The highest BCUT2D eigenvalue weighted by Gasteiger charge is 2.37. The van der Waals surface area contributed by atoms with Crippen LogP contribution in [0.5, 0.6) is 0 Å². The molecule has 0 spiro atoms. The van der Waals surface area contributed by atoms with E-state index in [4.69, 9.17) is 0 Å². The first-order valence-electron chi connectivity index (χ1n) is 9.61. The van der Waals surface area contributed by atoms with Crippen LogP contribution in [0.4, 0.5) is 8.78 Å². The van der Waals surface area contributed by atoms with Gasteiger partial charge in [-0.2, -0.15) is 0 Å². The summed E-state index contributed by atoms with van der Waals surface area (Å²) in [5.74, 6) is -6.21. The second-order valence-corrected chi connectivity index (χ2v) is 6.98. The Bertz CT molecular complexity index is 864. The third-order valence-corrected chi connectivity index (χ3v) is 4.55. The first-order valence-corrected chi connectivity index (χ1v) is 9.61. The van der Waals surface area contributed by atoms with Gasteiger partial charge in [0.2, 0.25) is 12.3 Å². The van der Waals surface area contributed by atoms with Crippen LogP contribution in [0, 0.1) is 0 Å². The van der Waals surface area contributed by atoms with Gasteiger partial charge in [-0.3, -0.25) is 9.59 Å². The Hall–Kier alpha value is -3.82. The lowest BCUT2D eigenvalue weighted by Crippen LogP contribution is -2.53. The van der Waals surface area contributed by atoms with Gasteiger partial charge in [0, 0.05) is 12.8 Å². The van der Waals surface area contributed by atoms with Gasteiger partial charge in [0.25, 0.3) is 11.8 Å². The molecule has 0 saturated carbocycles. The molecule has 0 heterocycles. The van der Waals surface area contributed by atoms with Gasteiger partial charge in [0.15, 0.2) is 0 Å². The van der Waals surface area contributed by atoms with Gasteiger partial charge in [0.05, 0.1) is 0 Å². The quantitative estimate of drug-likeness (QED) is 0.410. The summed E-state index contributed by atoms with van der Waals surface area (Å²) in [6.45, 7) is 0. The van der Waals surface area contributed by atoms with Crippen LogP contribution in [0.2, 0.25) is 0 Å². The fourth-order valence-corrected chi connectivity index (χ4v) is 2.87. The highest BCUT2D eigenvalue weighted by Crippen LogP contribution is 2.10. The van der Waals surface area contributed by atoms with Crippen molar-refractivity contribution < 1.29 is 38.2 Å². The fraction of sp³-hybridized carbons (Fsp3) is 0.273. The van der Waals surface area contributed by atoms with Crippen LogP contribution in [0.1, 0.15) is 11.1 Å². The van der Waals surface area contributed by atoms with E-state index in [9.17, 15) is 38.2 Å². The number of rotatable bonds is 11. The van der Waals surface area contributed by atoms with Crippen molar-refractivity contribution in [3.8, 4) is 0 Å². The second-order valence-electron chi connectivity index (χ2n) is 6.98. The summed E-state index contributed by atoms with van der Waals surface area (Å²) < 4.78 is 28.6. The lowest BCUT2D eigenvalue weighted by atomic mass is 10.0. The van der Waals surface area contributed by atoms with E-state index in [-0.39, 0.29) is 12.8 Å². The zero-order valence-corrected chi connectivity index (χ0v) is 16.8. The molecule has 0 aromatic heterocycles. The number of hydrogen-bond acceptors (Lipinski definition) is 4. The normalized spacial score (nSPS) is 14.4. The predicted octanol–water partition coefficient (Wildman–Crippen LogP) is 1.29. The van der Waals surface area contributed by atoms with Gasteiger partial charge < -0.3 is 20.8 Å². The van der Waals surface area contributed by atoms with Crippen LogP contribution in [0.15, 0.2) is 60.7 Å². The van der Waals surface area contributed by atoms with Crippen molar-refractivity contribution in [1.82, 2.24) is 10.6 Å². The van der Waals surface area contributed by atoms with E-state index in [1.165, 1.54) is 0 Å². The number of alkyl halides is 2. The molecule has 0 aliphatic rings. The lowest BCUT2D eigenvalue weighted by molar-refractivity contribution is -0.146. The predicted molar refractivity (Wildman–Crippen MR) is 109 cm³/mol. The zero-order chi connectivity index (χ0) is 23.7. The van der Waals surface area contributed by atoms with Crippen molar-refractivity contribution in [3.63, 3.8) is 0 Å². The number of benzene rings is 2. The summed E-state index contributed by atoms with van der Waals surface area (Å²) in [5.41, 5.74) is 1.07. The van der Waals surface area contributed by atoms with Gasteiger partial charge in [-0.05, 0) is 11.1 Å². The van der Waals surface area contributed by atoms with E-state index in [1.54, 1.807) is 60.7 Å². The lowest BCUT2D eigenvalue weighted by Gasteiger charge is -2.20. The summed E-state index contributed by atoms with van der Waals surface area (Å²) >= 11 is 0. The molecule has 2 aromatic rings. The molecule has 170 valence electrons. The number of carboxylic acids is 2. The van der Waals surface area contributed by atoms with Gasteiger partial charge >= 0.3 is 11.9 Å². The molecule has 0 saturated heterocycles. The molecule has 32 heavy (non-hydrogen) atoms. The molecule has 2 rings (SSSR count). The Morgan fingerprint density at radius 3 is 1.25 bits per heavy atom. The van der Waals surface area contributed by atoms with E-state index in [0.717, 1.165) is 0 Å². The molecule has 0 unspecified atom stereocenters. The largest absolute Gasteiger partial charge is 0.480 e. The molecule has 4 atom stereocenters. The number of hydrogen-bond donors (Lipinski definition) is 4. The van der Waals surface area contributed by atoms with Crippen LogP contribution >= 0.6 is 0 Å². The van der Waals surface area contributed by atoms with E-state index in [0.29, 0.717) is 11.1 Å². The molecule has 2 amide bonds. The summed E-state index contributed by atoms with van der Waals surface area (Å²) in [7, 11) is 0. The van der Waals surface area contributed by atoms with Gasteiger partial charge in [-0.1, -0.05) is 60.7 Å². The smallest absolute Gasteiger partial charge is 0.326 e. The Balaban J connectivity index is 1.99. The van der Waals surface area contributed by atoms with Crippen molar-refractivity contribution in [3.05, 3.63) is 71.8 Å². The van der Waals surface area contributed by atoms with E-state index in [1.807, 2.05) is 10.6 Å². The van der Waals surface area contributed by atoms with Gasteiger partial charge in [0.1, 0.15) is 12.1 Å². The molecule has 0 fully saturated rings. The Morgan fingerprint density at radius 2 is 0.969 bits per heavy atom. The molecule has 2 aromatic carbocycles. The van der Waals surface area contributed by atoms with Crippen molar-refractivity contribution in [2.75, 3.05) is 0 Å². The molecule has 0 bridgehead atoms. The summed E-state index contributed by atoms with van der Waals surface area (Å²) in [4.78, 5) is 46.8. The number of amides is 2. The average molecular weight is 448 g/mol. The maximum absolute atomic E-state index is 14.3. The molecule has 10 heteroatoms. The molecule has 0 aliphatic heterocycles. The van der Waals surface area contributed by atoms with Gasteiger partial charge in [-0.25, -0.2) is 18.4 Å². The topological polar surface area (TPSA) is 133 Å². The maximum Gasteiger partial charge on any atom is 0.326 e. The SMILES string of the molecule is O=C(O)[C@H](Cc1ccccc1)NC(=O)[C@@H](F)[C@@H](F)C(=O)N[C@@H](Cc1ccccc1)C(=O)O. The molecular formula is C22H22F2N2O6. The van der Waals surface area contributed by atoms with E-state index < -0.39 is 48.2 Å². The van der Waals surface area contributed by atoms with Gasteiger partial charge in [-0.15, -0.1) is 0 Å². The van der Waals surface area contributed by atoms with Crippen LogP contribution < -0.4 is 10.6 Å². The highest BCUT2D eigenvalue weighted by molar-refractivity contribution is 5.94. The number of nitrogens with one attached hydrogen (secondary N) is 2. The Kier molecular flexibility index (Phi) is 8.82. The summed E-state index contributed by atoms with van der Waals surface area (Å²) in [6.07, 6.45) is -6.43. The number of halogens is 2. The van der Waals surface area contributed by atoms with Crippen molar-refractivity contribution >= 4 is 23.8 Å². The average Bonchev–Trinajstić information content (AvgIpc) is 2.78. The van der Waals surface area contributed by atoms with E-state index in [2.05, 4.69) is 0 Å². The maximum atomic E-state index is 14.3. The van der Waals surface area contributed by atoms with Crippen LogP contribution in [0.25, 0.3) is 0 Å². The molecule has 0 aliphatic carbocycles. The zero-order valence-electron chi connectivity index (χ0n) is 16.8. The number of carboxylic acid groups (broad SMARTS) is 2. The number of carbonyl (C=O) groups excluding carboxylic acids is 2. The fourth-order valence-electron chi connectivity index (χ4n) is 2.87. The molecular weight excluding hydrogens is 426 g/mol. The summed E-state index contributed by atoms with van der Waals surface area (Å²) in [6, 6.07) is 13.2. The molecule has 0 radical (unpaired) electrons. The number of carbonyl (C=O) groups is 4. The summed E-state index contributed by atoms with van der Waals surface area (Å²) in [5, 5.41) is 22.2. The van der Waals surface area contributed by atoms with E-state index >= 15 is 0 Å². The minimum Gasteiger partial charge on any atom is -0.480 e.